The summed E-state index contributed by atoms with van der Waals surface area (Å²) in [5, 5.41) is 13.1. The van der Waals surface area contributed by atoms with Gasteiger partial charge in [-0.2, -0.15) is 10.4 Å². The molecule has 2 N–H and O–H groups in total. The fourth-order valence-electron chi connectivity index (χ4n) is 1.70. The van der Waals surface area contributed by atoms with Crippen LogP contribution in [-0.4, -0.2) is 9.78 Å². The second-order valence-electron chi connectivity index (χ2n) is 3.71. The van der Waals surface area contributed by atoms with E-state index in [-0.39, 0.29) is 0 Å². The number of benzene rings is 1. The Morgan fingerprint density at radius 2 is 2.19 bits per heavy atom. The highest BCUT2D eigenvalue weighted by molar-refractivity contribution is 5.73. The van der Waals surface area contributed by atoms with Gasteiger partial charge in [-0.05, 0) is 18.6 Å². The van der Waals surface area contributed by atoms with Gasteiger partial charge < -0.3 is 5.73 Å². The fraction of sp³-hybridized carbons (Fsp3) is 0.167. The van der Waals surface area contributed by atoms with Crippen molar-refractivity contribution < 1.29 is 0 Å². The zero-order valence-corrected chi connectivity index (χ0v) is 9.23. The van der Waals surface area contributed by atoms with Gasteiger partial charge in [0.15, 0.2) is 0 Å². The molecule has 0 fully saturated rings. The van der Waals surface area contributed by atoms with Crippen LogP contribution in [0.5, 0.6) is 0 Å². The van der Waals surface area contributed by atoms with Crippen molar-refractivity contribution in [3.63, 3.8) is 0 Å². The molecule has 1 heterocycles. The first kappa shape index (κ1) is 10.2. The fourth-order valence-corrected chi connectivity index (χ4v) is 1.70. The summed E-state index contributed by atoms with van der Waals surface area (Å²) in [6.45, 7) is 1.91. The predicted octanol–water partition coefficient (Wildman–Crippen LogP) is 1.85. The maximum Gasteiger partial charge on any atom is 0.0994 e. The molecule has 0 saturated heterocycles. The molecule has 0 spiro atoms. The summed E-state index contributed by atoms with van der Waals surface area (Å²) in [4.78, 5) is 0. The number of rotatable bonds is 1. The minimum Gasteiger partial charge on any atom is -0.396 e. The number of nitrogens with two attached hydrogens (primary N) is 1. The van der Waals surface area contributed by atoms with Crippen LogP contribution in [0.3, 0.4) is 0 Å². The van der Waals surface area contributed by atoms with Crippen molar-refractivity contribution in [3.8, 4) is 17.3 Å². The van der Waals surface area contributed by atoms with E-state index < -0.39 is 0 Å². The van der Waals surface area contributed by atoms with Crippen molar-refractivity contribution in [1.29, 1.82) is 5.26 Å². The normalized spacial score (nSPS) is 10.1. The van der Waals surface area contributed by atoms with Gasteiger partial charge in [-0.15, -0.1) is 0 Å². The van der Waals surface area contributed by atoms with Gasteiger partial charge in [0.25, 0.3) is 0 Å². The molecule has 0 aliphatic carbocycles. The van der Waals surface area contributed by atoms with Crippen LogP contribution in [0.2, 0.25) is 0 Å². The molecule has 0 aliphatic heterocycles. The average molecular weight is 212 g/mol. The molecular weight excluding hydrogens is 200 g/mol. The highest BCUT2D eigenvalue weighted by Gasteiger charge is 2.09. The quantitative estimate of drug-likeness (QED) is 0.784. The van der Waals surface area contributed by atoms with Gasteiger partial charge in [-0.3, -0.25) is 4.68 Å². The van der Waals surface area contributed by atoms with Gasteiger partial charge in [-0.25, -0.2) is 0 Å². The monoisotopic (exact) mass is 212 g/mol. The van der Waals surface area contributed by atoms with Gasteiger partial charge in [0.1, 0.15) is 0 Å². The maximum atomic E-state index is 8.98. The molecule has 0 aliphatic rings. The number of anilines is 1. The van der Waals surface area contributed by atoms with Crippen LogP contribution in [-0.2, 0) is 7.05 Å². The lowest BCUT2D eigenvalue weighted by molar-refractivity contribution is 0.776. The third kappa shape index (κ3) is 1.52. The highest BCUT2D eigenvalue weighted by atomic mass is 15.3. The topological polar surface area (TPSA) is 67.6 Å². The third-order valence-electron chi connectivity index (χ3n) is 2.60. The standard InChI is InChI=1S/C12H12N4/c1-8-3-4-9(5-10(8)6-13)12-11(14)7-15-16(12)2/h3-5,7H,14H2,1-2H3. The summed E-state index contributed by atoms with van der Waals surface area (Å²) < 4.78 is 1.71. The molecule has 0 amide bonds. The Hall–Kier alpha value is -2.28. The molecule has 4 nitrogen and oxygen atoms in total. The number of aromatic nitrogens is 2. The van der Waals surface area contributed by atoms with E-state index in [0.29, 0.717) is 11.3 Å². The Morgan fingerprint density at radius 1 is 1.44 bits per heavy atom. The lowest BCUT2D eigenvalue weighted by Gasteiger charge is -2.05. The Bertz CT molecular complexity index is 556. The summed E-state index contributed by atoms with van der Waals surface area (Å²) in [5.41, 5.74) is 9.85. The van der Waals surface area contributed by atoms with E-state index in [1.54, 1.807) is 10.9 Å². The lowest BCUT2D eigenvalue weighted by atomic mass is 10.0. The molecule has 2 aromatic rings. The van der Waals surface area contributed by atoms with E-state index in [2.05, 4.69) is 11.2 Å². The number of nitrogen functional groups attached to an aromatic ring is 1. The molecule has 16 heavy (non-hydrogen) atoms. The summed E-state index contributed by atoms with van der Waals surface area (Å²) in [6.07, 6.45) is 1.61. The Labute approximate surface area is 93.9 Å². The average Bonchev–Trinajstić information content (AvgIpc) is 2.60. The summed E-state index contributed by atoms with van der Waals surface area (Å²) in [6, 6.07) is 7.87. The molecule has 1 aromatic carbocycles. The number of nitriles is 1. The van der Waals surface area contributed by atoms with Crippen LogP contribution in [0, 0.1) is 18.3 Å². The number of aryl methyl sites for hydroxylation is 2. The predicted molar refractivity (Wildman–Crippen MR) is 62.5 cm³/mol. The summed E-state index contributed by atoms with van der Waals surface area (Å²) in [7, 11) is 1.83. The first-order valence-corrected chi connectivity index (χ1v) is 4.92. The second-order valence-corrected chi connectivity index (χ2v) is 3.71. The molecular formula is C12H12N4. The van der Waals surface area contributed by atoms with Gasteiger partial charge in [-0.1, -0.05) is 12.1 Å². The Kier molecular flexibility index (Phi) is 2.37. The second kappa shape index (κ2) is 3.70. The molecule has 0 bridgehead atoms. The number of hydrogen-bond donors (Lipinski definition) is 1. The lowest BCUT2D eigenvalue weighted by Crippen LogP contribution is -1.96. The highest BCUT2D eigenvalue weighted by Crippen LogP contribution is 2.26. The van der Waals surface area contributed by atoms with E-state index in [9.17, 15) is 0 Å². The largest absolute Gasteiger partial charge is 0.396 e. The van der Waals surface area contributed by atoms with Crippen molar-refractivity contribution >= 4 is 5.69 Å². The molecule has 4 heteroatoms. The van der Waals surface area contributed by atoms with Crippen LogP contribution in [0.4, 0.5) is 5.69 Å². The van der Waals surface area contributed by atoms with Crippen molar-refractivity contribution in [2.75, 3.05) is 5.73 Å². The molecule has 1 aromatic heterocycles. The zero-order valence-electron chi connectivity index (χ0n) is 9.23. The van der Waals surface area contributed by atoms with Gasteiger partial charge in [0.2, 0.25) is 0 Å². The van der Waals surface area contributed by atoms with E-state index >= 15 is 0 Å². The van der Waals surface area contributed by atoms with E-state index in [4.69, 9.17) is 11.0 Å². The Morgan fingerprint density at radius 3 is 2.75 bits per heavy atom. The molecule has 2 rings (SSSR count). The molecule has 80 valence electrons. The van der Waals surface area contributed by atoms with Crippen molar-refractivity contribution in [1.82, 2.24) is 9.78 Å². The van der Waals surface area contributed by atoms with Gasteiger partial charge >= 0.3 is 0 Å². The van der Waals surface area contributed by atoms with E-state index in [1.165, 1.54) is 0 Å². The summed E-state index contributed by atoms with van der Waals surface area (Å²) in [5.74, 6) is 0. The zero-order chi connectivity index (χ0) is 11.7. The summed E-state index contributed by atoms with van der Waals surface area (Å²) >= 11 is 0. The van der Waals surface area contributed by atoms with E-state index in [0.717, 1.165) is 16.8 Å². The molecule has 0 unspecified atom stereocenters. The van der Waals surface area contributed by atoms with Crippen LogP contribution in [0.25, 0.3) is 11.3 Å². The number of hydrogen-bond acceptors (Lipinski definition) is 3. The van der Waals surface area contributed by atoms with Crippen molar-refractivity contribution in [2.45, 2.75) is 6.92 Å². The smallest absolute Gasteiger partial charge is 0.0994 e. The van der Waals surface area contributed by atoms with Crippen LogP contribution >= 0.6 is 0 Å². The first-order chi connectivity index (χ1) is 7.63. The van der Waals surface area contributed by atoms with Gasteiger partial charge in [0, 0.05) is 12.6 Å². The van der Waals surface area contributed by atoms with Crippen molar-refractivity contribution in [3.05, 3.63) is 35.5 Å². The third-order valence-corrected chi connectivity index (χ3v) is 2.60. The Balaban J connectivity index is 2.62. The molecule has 0 saturated carbocycles. The van der Waals surface area contributed by atoms with Crippen LogP contribution in [0.1, 0.15) is 11.1 Å². The van der Waals surface area contributed by atoms with Crippen LogP contribution in [0.15, 0.2) is 24.4 Å². The minimum absolute atomic E-state index is 0.621. The molecule has 0 atom stereocenters. The van der Waals surface area contributed by atoms with E-state index in [1.807, 2.05) is 32.2 Å². The van der Waals surface area contributed by atoms with Crippen molar-refractivity contribution in [2.24, 2.45) is 7.05 Å². The van der Waals surface area contributed by atoms with Gasteiger partial charge in [0.05, 0.1) is 29.2 Å². The molecule has 0 radical (unpaired) electrons. The minimum atomic E-state index is 0.621. The first-order valence-electron chi connectivity index (χ1n) is 4.92. The number of nitrogens with zero attached hydrogens (tertiary/aromatic N) is 3. The maximum absolute atomic E-state index is 8.98. The SMILES string of the molecule is Cc1ccc(-c2c(N)cnn2C)cc1C#N. The van der Waals surface area contributed by atoms with Crippen LogP contribution < -0.4 is 5.73 Å².